The summed E-state index contributed by atoms with van der Waals surface area (Å²) >= 11 is 0. The first-order chi connectivity index (χ1) is 8.76. The van der Waals surface area contributed by atoms with Gasteiger partial charge in [0, 0.05) is 30.3 Å². The number of hydrogen-bond donors (Lipinski definition) is 0. The third kappa shape index (κ3) is 3.12. The van der Waals surface area contributed by atoms with Crippen LogP contribution in [0.4, 0.5) is 5.69 Å². The summed E-state index contributed by atoms with van der Waals surface area (Å²) < 4.78 is 0. The molecule has 18 heavy (non-hydrogen) atoms. The summed E-state index contributed by atoms with van der Waals surface area (Å²) in [6, 6.07) is 8.91. The number of rotatable bonds is 7. The van der Waals surface area contributed by atoms with Crippen LogP contribution in [0.15, 0.2) is 24.3 Å². The molecule has 1 fully saturated rings. The van der Waals surface area contributed by atoms with Crippen molar-refractivity contribution in [3.63, 3.8) is 0 Å². The van der Waals surface area contributed by atoms with Gasteiger partial charge in [-0.15, -0.1) is 0 Å². The van der Waals surface area contributed by atoms with Gasteiger partial charge in [0.1, 0.15) is 0 Å². The molecule has 0 heterocycles. The minimum atomic E-state index is 0.230. The van der Waals surface area contributed by atoms with Crippen molar-refractivity contribution in [1.29, 1.82) is 0 Å². The van der Waals surface area contributed by atoms with E-state index in [0.717, 1.165) is 18.2 Å². The lowest BCUT2D eigenvalue weighted by atomic mass is 10.1. The molecule has 0 unspecified atom stereocenters. The number of ketones is 1. The predicted octanol–water partition coefficient (Wildman–Crippen LogP) is 4.05. The molecule has 0 bridgehead atoms. The van der Waals surface area contributed by atoms with Crippen molar-refractivity contribution in [3.8, 4) is 0 Å². The zero-order valence-corrected chi connectivity index (χ0v) is 11.5. The highest BCUT2D eigenvalue weighted by atomic mass is 16.1. The van der Waals surface area contributed by atoms with Gasteiger partial charge in [-0.1, -0.05) is 20.3 Å². The van der Waals surface area contributed by atoms with Crippen molar-refractivity contribution in [2.75, 3.05) is 11.4 Å². The van der Waals surface area contributed by atoms with Gasteiger partial charge in [-0.3, -0.25) is 4.79 Å². The highest BCUT2D eigenvalue weighted by Gasteiger charge is 2.28. The second-order valence-electron chi connectivity index (χ2n) is 5.10. The van der Waals surface area contributed by atoms with Crippen LogP contribution < -0.4 is 4.90 Å². The summed E-state index contributed by atoms with van der Waals surface area (Å²) in [7, 11) is 0. The lowest BCUT2D eigenvalue weighted by molar-refractivity contribution is 0.0988. The van der Waals surface area contributed by atoms with Crippen LogP contribution in [-0.2, 0) is 0 Å². The van der Waals surface area contributed by atoms with Gasteiger partial charge in [0.2, 0.25) is 0 Å². The van der Waals surface area contributed by atoms with Gasteiger partial charge in [0.25, 0.3) is 0 Å². The first-order valence-corrected chi connectivity index (χ1v) is 7.16. The van der Waals surface area contributed by atoms with E-state index < -0.39 is 0 Å². The number of carbonyl (C=O) groups excluding carboxylic acids is 1. The molecule has 2 heteroatoms. The van der Waals surface area contributed by atoms with Crippen LogP contribution >= 0.6 is 0 Å². The summed E-state index contributed by atoms with van der Waals surface area (Å²) in [5.41, 5.74) is 2.12. The maximum Gasteiger partial charge on any atom is 0.162 e. The number of hydrogen-bond acceptors (Lipinski definition) is 2. The summed E-state index contributed by atoms with van der Waals surface area (Å²) in [4.78, 5) is 14.1. The van der Waals surface area contributed by atoms with Gasteiger partial charge in [-0.25, -0.2) is 0 Å². The van der Waals surface area contributed by atoms with E-state index in [4.69, 9.17) is 0 Å². The van der Waals surface area contributed by atoms with Crippen molar-refractivity contribution in [2.24, 2.45) is 0 Å². The standard InChI is InChI=1S/C16H23NO/c1-3-5-12-17(15-10-11-15)14-8-6-13(7-9-14)16(18)4-2/h6-9,15H,3-5,10-12H2,1-2H3. The number of unbranched alkanes of at least 4 members (excludes halogenated alkanes) is 1. The Kier molecular flexibility index (Phi) is 4.40. The Labute approximate surface area is 110 Å². The number of anilines is 1. The third-order valence-electron chi connectivity index (χ3n) is 3.58. The first kappa shape index (κ1) is 13.1. The van der Waals surface area contributed by atoms with Gasteiger partial charge < -0.3 is 4.90 Å². The molecular formula is C16H23NO. The van der Waals surface area contributed by atoms with Crippen LogP contribution in [0.2, 0.25) is 0 Å². The van der Waals surface area contributed by atoms with Gasteiger partial charge in [-0.05, 0) is 43.5 Å². The Morgan fingerprint density at radius 1 is 1.22 bits per heavy atom. The molecule has 1 saturated carbocycles. The molecule has 0 radical (unpaired) electrons. The third-order valence-corrected chi connectivity index (χ3v) is 3.58. The molecule has 0 spiro atoms. The maximum absolute atomic E-state index is 11.6. The zero-order chi connectivity index (χ0) is 13.0. The lowest BCUT2D eigenvalue weighted by Crippen LogP contribution is -2.26. The van der Waals surface area contributed by atoms with Crippen molar-refractivity contribution >= 4 is 11.5 Å². The van der Waals surface area contributed by atoms with E-state index in [2.05, 4.69) is 24.0 Å². The van der Waals surface area contributed by atoms with Crippen LogP contribution in [0.3, 0.4) is 0 Å². The van der Waals surface area contributed by atoms with E-state index in [9.17, 15) is 4.79 Å². The van der Waals surface area contributed by atoms with Gasteiger partial charge in [0.05, 0.1) is 0 Å². The van der Waals surface area contributed by atoms with Crippen molar-refractivity contribution in [1.82, 2.24) is 0 Å². The van der Waals surface area contributed by atoms with Crippen LogP contribution in [0, 0.1) is 0 Å². The van der Waals surface area contributed by atoms with E-state index >= 15 is 0 Å². The second kappa shape index (κ2) is 6.03. The fourth-order valence-corrected chi connectivity index (χ4v) is 2.28. The molecular weight excluding hydrogens is 222 g/mol. The minimum Gasteiger partial charge on any atom is -0.369 e. The lowest BCUT2D eigenvalue weighted by Gasteiger charge is -2.24. The molecule has 0 N–H and O–H groups in total. The molecule has 0 aliphatic heterocycles. The van der Waals surface area contributed by atoms with E-state index in [0.29, 0.717) is 6.42 Å². The molecule has 2 rings (SSSR count). The van der Waals surface area contributed by atoms with Crippen molar-refractivity contribution in [2.45, 2.75) is 52.0 Å². The molecule has 0 aromatic heterocycles. The molecule has 0 amide bonds. The number of nitrogens with zero attached hydrogens (tertiary/aromatic N) is 1. The smallest absolute Gasteiger partial charge is 0.162 e. The Morgan fingerprint density at radius 3 is 2.39 bits per heavy atom. The Balaban J connectivity index is 2.08. The Hall–Kier alpha value is -1.31. The molecule has 1 aromatic carbocycles. The van der Waals surface area contributed by atoms with Gasteiger partial charge in [0.15, 0.2) is 5.78 Å². The Bertz CT molecular complexity index is 392. The Morgan fingerprint density at radius 2 is 1.89 bits per heavy atom. The quantitative estimate of drug-likeness (QED) is 0.675. The van der Waals surface area contributed by atoms with Gasteiger partial charge in [-0.2, -0.15) is 0 Å². The predicted molar refractivity (Wildman–Crippen MR) is 76.3 cm³/mol. The fraction of sp³-hybridized carbons (Fsp3) is 0.562. The normalized spacial score (nSPS) is 14.6. The van der Waals surface area contributed by atoms with Crippen molar-refractivity contribution in [3.05, 3.63) is 29.8 Å². The fourth-order valence-electron chi connectivity index (χ4n) is 2.28. The number of benzene rings is 1. The van der Waals surface area contributed by atoms with Crippen LogP contribution in [0.5, 0.6) is 0 Å². The van der Waals surface area contributed by atoms with Gasteiger partial charge >= 0.3 is 0 Å². The van der Waals surface area contributed by atoms with E-state index in [-0.39, 0.29) is 5.78 Å². The molecule has 2 nitrogen and oxygen atoms in total. The van der Waals surface area contributed by atoms with Crippen LogP contribution in [-0.4, -0.2) is 18.4 Å². The molecule has 0 atom stereocenters. The highest BCUT2D eigenvalue weighted by Crippen LogP contribution is 2.32. The average Bonchev–Trinajstić information content (AvgIpc) is 3.24. The van der Waals surface area contributed by atoms with E-state index in [1.54, 1.807) is 0 Å². The van der Waals surface area contributed by atoms with Crippen LogP contribution in [0.25, 0.3) is 0 Å². The van der Waals surface area contributed by atoms with E-state index in [1.807, 2.05) is 19.1 Å². The maximum atomic E-state index is 11.6. The first-order valence-electron chi connectivity index (χ1n) is 7.16. The molecule has 1 aliphatic rings. The molecule has 1 aliphatic carbocycles. The summed E-state index contributed by atoms with van der Waals surface area (Å²) in [5.74, 6) is 0.230. The molecule has 98 valence electrons. The second-order valence-corrected chi connectivity index (χ2v) is 5.10. The van der Waals surface area contributed by atoms with Crippen LogP contribution in [0.1, 0.15) is 56.3 Å². The summed E-state index contributed by atoms with van der Waals surface area (Å²) in [6.45, 7) is 5.28. The zero-order valence-electron chi connectivity index (χ0n) is 11.5. The van der Waals surface area contributed by atoms with E-state index in [1.165, 1.54) is 31.4 Å². The monoisotopic (exact) mass is 245 g/mol. The van der Waals surface area contributed by atoms with Crippen molar-refractivity contribution < 1.29 is 4.79 Å². The average molecular weight is 245 g/mol. The molecule has 0 saturated heterocycles. The number of Topliss-reactive ketones (excluding diaryl/α,β-unsaturated/α-hetero) is 1. The minimum absolute atomic E-state index is 0.230. The largest absolute Gasteiger partial charge is 0.369 e. The highest BCUT2D eigenvalue weighted by molar-refractivity contribution is 5.96. The SMILES string of the molecule is CCCCN(c1ccc(C(=O)CC)cc1)C1CC1. The number of carbonyl (C=O) groups is 1. The molecule has 1 aromatic rings. The summed E-state index contributed by atoms with van der Waals surface area (Å²) in [6.07, 6.45) is 5.70. The summed E-state index contributed by atoms with van der Waals surface area (Å²) in [5, 5.41) is 0. The topological polar surface area (TPSA) is 20.3 Å².